The number of ether oxygens (including phenoxy) is 1. The van der Waals surface area contributed by atoms with Crippen LogP contribution in [0.1, 0.15) is 34.7 Å². The van der Waals surface area contributed by atoms with E-state index in [1.165, 1.54) is 22.3 Å². The smallest absolute Gasteiger partial charge is 0.123 e. The summed E-state index contributed by atoms with van der Waals surface area (Å²) in [6.07, 6.45) is 2.27. The van der Waals surface area contributed by atoms with Crippen LogP contribution < -0.4 is 10.1 Å². The Hall–Kier alpha value is -1.80. The van der Waals surface area contributed by atoms with Crippen molar-refractivity contribution in [1.82, 2.24) is 5.32 Å². The van der Waals surface area contributed by atoms with E-state index in [0.29, 0.717) is 12.6 Å². The largest absolute Gasteiger partial charge is 0.489 e. The van der Waals surface area contributed by atoms with Crippen molar-refractivity contribution in [3.8, 4) is 5.75 Å². The molecular weight excluding hydrogens is 246 g/mol. The third kappa shape index (κ3) is 2.44. The van der Waals surface area contributed by atoms with Crippen molar-refractivity contribution in [2.24, 2.45) is 0 Å². The molecule has 0 spiro atoms. The van der Waals surface area contributed by atoms with Gasteiger partial charge >= 0.3 is 0 Å². The van der Waals surface area contributed by atoms with E-state index in [9.17, 15) is 0 Å². The Morgan fingerprint density at radius 1 is 1.15 bits per heavy atom. The molecule has 2 nitrogen and oxygen atoms in total. The lowest BCUT2D eigenvalue weighted by Crippen LogP contribution is -2.12. The van der Waals surface area contributed by atoms with Gasteiger partial charge in [-0.05, 0) is 55.1 Å². The molecule has 0 radical (unpaired) electrons. The average Bonchev–Trinajstić information content (AvgIpc) is 2.90. The second kappa shape index (κ2) is 5.68. The van der Waals surface area contributed by atoms with Crippen LogP contribution >= 0.6 is 0 Å². The minimum absolute atomic E-state index is 0.479. The van der Waals surface area contributed by atoms with Gasteiger partial charge in [-0.15, -0.1) is 0 Å². The van der Waals surface area contributed by atoms with E-state index in [0.717, 1.165) is 18.6 Å². The molecule has 0 aromatic heterocycles. The molecule has 2 heteroatoms. The summed E-state index contributed by atoms with van der Waals surface area (Å²) < 4.78 is 6.08. The van der Waals surface area contributed by atoms with Gasteiger partial charge in [-0.25, -0.2) is 0 Å². The summed E-state index contributed by atoms with van der Waals surface area (Å²) in [5, 5.41) is 3.37. The number of benzene rings is 2. The van der Waals surface area contributed by atoms with Crippen molar-refractivity contribution in [3.63, 3.8) is 0 Å². The van der Waals surface area contributed by atoms with E-state index in [-0.39, 0.29) is 0 Å². The fourth-order valence-electron chi connectivity index (χ4n) is 2.98. The second-order valence-electron chi connectivity index (χ2n) is 5.42. The lowest BCUT2D eigenvalue weighted by atomic mass is 10.1. The molecular formula is C18H21NO. The van der Waals surface area contributed by atoms with Crippen LogP contribution in [0.15, 0.2) is 42.5 Å². The van der Waals surface area contributed by atoms with Crippen LogP contribution in [-0.2, 0) is 13.0 Å². The maximum absolute atomic E-state index is 6.08. The average molecular weight is 267 g/mol. The van der Waals surface area contributed by atoms with Gasteiger partial charge in [0, 0.05) is 6.04 Å². The SMILES string of the molecule is CNC1CCc2c(OCc3ccccc3C)cccc21. The van der Waals surface area contributed by atoms with Crippen LogP contribution in [0.2, 0.25) is 0 Å². The Morgan fingerprint density at radius 3 is 2.80 bits per heavy atom. The molecule has 1 unspecified atom stereocenters. The van der Waals surface area contributed by atoms with Crippen molar-refractivity contribution < 1.29 is 4.74 Å². The Bertz CT molecular complexity index is 606. The van der Waals surface area contributed by atoms with Gasteiger partial charge < -0.3 is 10.1 Å². The Balaban J connectivity index is 1.79. The van der Waals surface area contributed by atoms with E-state index in [4.69, 9.17) is 4.74 Å². The molecule has 1 N–H and O–H groups in total. The zero-order chi connectivity index (χ0) is 13.9. The Morgan fingerprint density at radius 2 is 2.00 bits per heavy atom. The predicted molar refractivity (Wildman–Crippen MR) is 82.1 cm³/mol. The van der Waals surface area contributed by atoms with E-state index in [2.05, 4.69) is 54.7 Å². The zero-order valence-corrected chi connectivity index (χ0v) is 12.1. The molecule has 0 aliphatic heterocycles. The molecule has 2 aromatic carbocycles. The van der Waals surface area contributed by atoms with Crippen LogP contribution in [0, 0.1) is 6.92 Å². The lowest BCUT2D eigenvalue weighted by Gasteiger charge is -2.14. The molecule has 0 heterocycles. The summed E-state index contributed by atoms with van der Waals surface area (Å²) in [7, 11) is 2.03. The highest BCUT2D eigenvalue weighted by Crippen LogP contribution is 2.36. The molecule has 1 aliphatic rings. The number of hydrogen-bond acceptors (Lipinski definition) is 2. The molecule has 0 saturated heterocycles. The first-order valence-corrected chi connectivity index (χ1v) is 7.26. The highest BCUT2D eigenvalue weighted by atomic mass is 16.5. The summed E-state index contributed by atoms with van der Waals surface area (Å²) in [5.41, 5.74) is 5.32. The molecule has 1 atom stereocenters. The first-order valence-electron chi connectivity index (χ1n) is 7.26. The number of nitrogens with one attached hydrogen (secondary N) is 1. The fourth-order valence-corrected chi connectivity index (χ4v) is 2.98. The number of fused-ring (bicyclic) bond motifs is 1. The van der Waals surface area contributed by atoms with E-state index < -0.39 is 0 Å². The molecule has 1 aliphatic carbocycles. The van der Waals surface area contributed by atoms with Gasteiger partial charge in [0.2, 0.25) is 0 Å². The van der Waals surface area contributed by atoms with E-state index >= 15 is 0 Å². The minimum atomic E-state index is 0.479. The first kappa shape index (κ1) is 13.2. The Labute approximate surface area is 120 Å². The number of rotatable bonds is 4. The first-order chi connectivity index (χ1) is 9.79. The summed E-state index contributed by atoms with van der Waals surface area (Å²) in [5.74, 6) is 1.04. The molecule has 0 fully saturated rings. The zero-order valence-electron chi connectivity index (χ0n) is 12.1. The normalized spacial score (nSPS) is 17.0. The van der Waals surface area contributed by atoms with Crippen LogP contribution in [0.5, 0.6) is 5.75 Å². The van der Waals surface area contributed by atoms with E-state index in [1.54, 1.807) is 0 Å². The van der Waals surface area contributed by atoms with Crippen molar-refractivity contribution in [1.29, 1.82) is 0 Å². The summed E-state index contributed by atoms with van der Waals surface area (Å²) in [6, 6.07) is 15.3. The van der Waals surface area contributed by atoms with Crippen LogP contribution in [0.25, 0.3) is 0 Å². The third-order valence-corrected chi connectivity index (χ3v) is 4.22. The van der Waals surface area contributed by atoms with E-state index in [1.807, 2.05) is 7.05 Å². The maximum atomic E-state index is 6.08. The van der Waals surface area contributed by atoms with Crippen LogP contribution in [0.4, 0.5) is 0 Å². The third-order valence-electron chi connectivity index (χ3n) is 4.22. The fraction of sp³-hybridized carbons (Fsp3) is 0.333. The van der Waals surface area contributed by atoms with Crippen LogP contribution in [0.3, 0.4) is 0 Å². The standard InChI is InChI=1S/C18H21NO/c1-13-6-3-4-7-14(13)12-20-18-9-5-8-15-16(18)10-11-17(15)19-2/h3-9,17,19H,10-12H2,1-2H3. The minimum Gasteiger partial charge on any atom is -0.489 e. The van der Waals surface area contributed by atoms with Gasteiger partial charge in [-0.3, -0.25) is 0 Å². The quantitative estimate of drug-likeness (QED) is 0.910. The monoisotopic (exact) mass is 267 g/mol. The summed E-state index contributed by atoms with van der Waals surface area (Å²) in [4.78, 5) is 0. The second-order valence-corrected chi connectivity index (χ2v) is 5.42. The van der Waals surface area contributed by atoms with Crippen molar-refractivity contribution >= 4 is 0 Å². The van der Waals surface area contributed by atoms with Gasteiger partial charge in [0.1, 0.15) is 12.4 Å². The number of aryl methyl sites for hydroxylation is 1. The molecule has 0 bridgehead atoms. The highest BCUT2D eigenvalue weighted by Gasteiger charge is 2.23. The molecule has 3 rings (SSSR count). The van der Waals surface area contributed by atoms with Crippen molar-refractivity contribution in [2.75, 3.05) is 7.05 Å². The molecule has 2 aromatic rings. The molecule has 20 heavy (non-hydrogen) atoms. The van der Waals surface area contributed by atoms with Crippen molar-refractivity contribution in [2.45, 2.75) is 32.4 Å². The maximum Gasteiger partial charge on any atom is 0.123 e. The van der Waals surface area contributed by atoms with Gasteiger partial charge in [-0.2, -0.15) is 0 Å². The summed E-state index contributed by atoms with van der Waals surface area (Å²) in [6.45, 7) is 2.78. The van der Waals surface area contributed by atoms with Gasteiger partial charge in [0.15, 0.2) is 0 Å². The van der Waals surface area contributed by atoms with Gasteiger partial charge in [0.05, 0.1) is 0 Å². The topological polar surface area (TPSA) is 21.3 Å². The number of hydrogen-bond donors (Lipinski definition) is 1. The van der Waals surface area contributed by atoms with Gasteiger partial charge in [-0.1, -0.05) is 36.4 Å². The molecule has 0 amide bonds. The Kier molecular flexibility index (Phi) is 3.75. The van der Waals surface area contributed by atoms with Crippen LogP contribution in [-0.4, -0.2) is 7.05 Å². The summed E-state index contributed by atoms with van der Waals surface area (Å²) >= 11 is 0. The molecule has 104 valence electrons. The lowest BCUT2D eigenvalue weighted by molar-refractivity contribution is 0.302. The highest BCUT2D eigenvalue weighted by molar-refractivity contribution is 5.45. The van der Waals surface area contributed by atoms with Crippen molar-refractivity contribution in [3.05, 3.63) is 64.7 Å². The molecule has 0 saturated carbocycles. The van der Waals surface area contributed by atoms with Gasteiger partial charge in [0.25, 0.3) is 0 Å². The predicted octanol–water partition coefficient (Wildman–Crippen LogP) is 3.78.